The van der Waals surface area contributed by atoms with Crippen LogP contribution in [-0.4, -0.2) is 5.78 Å². The molecule has 2 rings (SSSR count). The van der Waals surface area contributed by atoms with Crippen LogP contribution < -0.4 is 0 Å². The van der Waals surface area contributed by atoms with Gasteiger partial charge in [0, 0.05) is 0 Å². The van der Waals surface area contributed by atoms with Crippen molar-refractivity contribution in [2.24, 2.45) is 0 Å². The Bertz CT molecular complexity index is 921. The molecule has 0 N–H and O–H groups in total. The van der Waals surface area contributed by atoms with Crippen molar-refractivity contribution in [1.82, 2.24) is 0 Å². The molecule has 164 valence electrons. The van der Waals surface area contributed by atoms with E-state index in [4.69, 9.17) is 0 Å². The lowest BCUT2D eigenvalue weighted by Crippen LogP contribution is -2.23. The number of carbonyl (C=O) groups excluding carboxylic acids is 1. The molecule has 0 spiro atoms. The van der Waals surface area contributed by atoms with E-state index >= 15 is 0 Å². The van der Waals surface area contributed by atoms with Crippen molar-refractivity contribution in [1.29, 1.82) is 0 Å². The van der Waals surface area contributed by atoms with Crippen molar-refractivity contribution in [2.75, 3.05) is 0 Å². The second kappa shape index (κ2) is 7.12. The van der Waals surface area contributed by atoms with Crippen LogP contribution >= 0.6 is 0 Å². The fourth-order valence-electron chi connectivity index (χ4n) is 2.28. The van der Waals surface area contributed by atoms with Crippen molar-refractivity contribution >= 4 is 5.78 Å². The first-order valence-corrected chi connectivity index (χ1v) is 6.85. The Kier molecular flexibility index (Phi) is 5.56. The third-order valence-corrected chi connectivity index (χ3v) is 3.55. The summed E-state index contributed by atoms with van der Waals surface area (Å²) in [6.07, 6.45) is -12.1. The highest BCUT2D eigenvalue weighted by Crippen LogP contribution is 2.40. The smallest absolute Gasteiger partial charge is 0.288 e. The lowest BCUT2D eigenvalue weighted by Gasteiger charge is -2.16. The Morgan fingerprint density at radius 2 is 0.633 bits per heavy atom. The standard InChI is InChI=1S/C15F14O/c16-5-1(6(17)10(21)3(9(5)20)14(24,25)26)13(30)2-7(18)11(22)4(15(27,28)29)12(23)8(2)19. The van der Waals surface area contributed by atoms with E-state index in [2.05, 4.69) is 0 Å². The predicted molar refractivity (Wildman–Crippen MR) is 66.0 cm³/mol. The van der Waals surface area contributed by atoms with E-state index in [0.29, 0.717) is 0 Å². The normalized spacial score (nSPS) is 12.5. The highest BCUT2D eigenvalue weighted by Gasteiger charge is 2.46. The molecule has 30 heavy (non-hydrogen) atoms. The zero-order chi connectivity index (χ0) is 23.5. The monoisotopic (exact) mass is 462 g/mol. The maximum absolute atomic E-state index is 13.8. The van der Waals surface area contributed by atoms with Crippen molar-refractivity contribution in [3.05, 3.63) is 68.8 Å². The number of benzene rings is 2. The van der Waals surface area contributed by atoms with Gasteiger partial charge < -0.3 is 0 Å². The van der Waals surface area contributed by atoms with Crippen molar-refractivity contribution in [3.63, 3.8) is 0 Å². The first kappa shape index (κ1) is 23.4. The third kappa shape index (κ3) is 3.45. The molecule has 15 heteroatoms. The van der Waals surface area contributed by atoms with E-state index in [1.165, 1.54) is 0 Å². The molecular weight excluding hydrogens is 462 g/mol. The molecule has 0 fully saturated rings. The maximum Gasteiger partial charge on any atom is 0.422 e. The molecule has 0 aliphatic rings. The first-order chi connectivity index (χ1) is 13.4. The maximum atomic E-state index is 13.8. The fourth-order valence-corrected chi connectivity index (χ4v) is 2.28. The molecule has 2 aromatic carbocycles. The highest BCUT2D eigenvalue weighted by atomic mass is 19.4. The summed E-state index contributed by atoms with van der Waals surface area (Å²) in [5, 5.41) is 0. The zero-order valence-electron chi connectivity index (χ0n) is 13.2. The van der Waals surface area contributed by atoms with Gasteiger partial charge in [0.1, 0.15) is 22.3 Å². The molecule has 0 unspecified atom stereocenters. The van der Waals surface area contributed by atoms with Crippen LogP contribution in [0.2, 0.25) is 0 Å². The lowest BCUT2D eigenvalue weighted by molar-refractivity contribution is -0.144. The van der Waals surface area contributed by atoms with Gasteiger partial charge in [-0.1, -0.05) is 0 Å². The summed E-state index contributed by atoms with van der Waals surface area (Å²) in [6, 6.07) is 0. The van der Waals surface area contributed by atoms with E-state index < -0.39 is 86.9 Å². The summed E-state index contributed by atoms with van der Waals surface area (Å²) in [5.74, 6) is -28.8. The van der Waals surface area contributed by atoms with Gasteiger partial charge in [-0.15, -0.1) is 0 Å². The van der Waals surface area contributed by atoms with Crippen LogP contribution in [0.15, 0.2) is 0 Å². The molecule has 0 atom stereocenters. The Morgan fingerprint density at radius 3 is 0.800 bits per heavy atom. The van der Waals surface area contributed by atoms with E-state index in [9.17, 15) is 66.3 Å². The van der Waals surface area contributed by atoms with Crippen LogP contribution in [0.5, 0.6) is 0 Å². The molecule has 0 radical (unpaired) electrons. The largest absolute Gasteiger partial charge is 0.422 e. The number of hydrogen-bond acceptors (Lipinski definition) is 1. The topological polar surface area (TPSA) is 17.1 Å². The van der Waals surface area contributed by atoms with Gasteiger partial charge in [0.2, 0.25) is 5.78 Å². The van der Waals surface area contributed by atoms with Crippen LogP contribution in [-0.2, 0) is 12.4 Å². The SMILES string of the molecule is O=C(c1c(F)c(F)c(C(F)(F)F)c(F)c1F)c1c(F)c(F)c(C(F)(F)F)c(F)c1F. The Labute approximate surface area is 154 Å². The number of rotatable bonds is 2. The predicted octanol–water partition coefficient (Wildman–Crippen LogP) is 6.07. The molecule has 0 saturated heterocycles. The van der Waals surface area contributed by atoms with Crippen molar-refractivity contribution in [3.8, 4) is 0 Å². The first-order valence-electron chi connectivity index (χ1n) is 6.85. The second-order valence-corrected chi connectivity index (χ2v) is 5.34. The molecule has 0 bridgehead atoms. The molecule has 0 aromatic heterocycles. The Morgan fingerprint density at radius 1 is 0.433 bits per heavy atom. The molecule has 0 heterocycles. The zero-order valence-corrected chi connectivity index (χ0v) is 13.2. The van der Waals surface area contributed by atoms with Crippen molar-refractivity contribution < 1.29 is 66.3 Å². The van der Waals surface area contributed by atoms with E-state index in [0.717, 1.165) is 0 Å². The van der Waals surface area contributed by atoms with E-state index in [1.807, 2.05) is 0 Å². The summed E-state index contributed by atoms with van der Waals surface area (Å²) in [6.45, 7) is 0. The number of halogens is 14. The molecular formula is C15F14O. The minimum Gasteiger partial charge on any atom is -0.288 e. The van der Waals surface area contributed by atoms with Gasteiger partial charge in [-0.3, -0.25) is 4.79 Å². The molecule has 0 amide bonds. The number of alkyl halides is 6. The lowest BCUT2D eigenvalue weighted by atomic mass is 9.96. The average molecular weight is 462 g/mol. The van der Waals surface area contributed by atoms with Crippen LogP contribution in [0, 0.1) is 46.5 Å². The summed E-state index contributed by atoms with van der Waals surface area (Å²) in [4.78, 5) is 11.9. The van der Waals surface area contributed by atoms with Gasteiger partial charge >= 0.3 is 12.4 Å². The molecule has 1 nitrogen and oxygen atoms in total. The van der Waals surface area contributed by atoms with Gasteiger partial charge in [-0.2, -0.15) is 26.3 Å². The van der Waals surface area contributed by atoms with Crippen LogP contribution in [0.25, 0.3) is 0 Å². The Balaban J connectivity index is 2.90. The third-order valence-electron chi connectivity index (χ3n) is 3.55. The number of carbonyl (C=O) groups is 1. The van der Waals surface area contributed by atoms with Crippen molar-refractivity contribution in [2.45, 2.75) is 12.4 Å². The molecule has 2 aromatic rings. The van der Waals surface area contributed by atoms with E-state index in [1.54, 1.807) is 0 Å². The van der Waals surface area contributed by atoms with Gasteiger partial charge in [0.05, 0.1) is 0 Å². The van der Waals surface area contributed by atoms with Crippen LogP contribution in [0.1, 0.15) is 27.0 Å². The summed E-state index contributed by atoms with van der Waals surface area (Å²) in [7, 11) is 0. The molecule has 0 aliphatic carbocycles. The van der Waals surface area contributed by atoms with E-state index in [-0.39, 0.29) is 0 Å². The summed E-state index contributed by atoms with van der Waals surface area (Å²) >= 11 is 0. The minimum absolute atomic E-state index is 2.78. The quantitative estimate of drug-likeness (QED) is 0.301. The van der Waals surface area contributed by atoms with Gasteiger partial charge in [0.15, 0.2) is 46.5 Å². The minimum atomic E-state index is -6.07. The summed E-state index contributed by atoms with van der Waals surface area (Å²) < 4.78 is 184. The number of ketones is 1. The van der Waals surface area contributed by atoms with Gasteiger partial charge in [0.25, 0.3) is 0 Å². The fraction of sp³-hybridized carbons (Fsp3) is 0.133. The van der Waals surface area contributed by atoms with Gasteiger partial charge in [-0.25, -0.2) is 35.1 Å². The second-order valence-electron chi connectivity index (χ2n) is 5.34. The average Bonchev–Trinajstić information content (AvgIpc) is 2.56. The van der Waals surface area contributed by atoms with Gasteiger partial charge in [-0.05, 0) is 0 Å². The summed E-state index contributed by atoms with van der Waals surface area (Å²) in [5.41, 5.74) is -12.0. The molecule has 0 saturated carbocycles. The number of hydrogen-bond donors (Lipinski definition) is 0. The molecule has 0 aliphatic heterocycles. The highest BCUT2D eigenvalue weighted by molar-refractivity contribution is 6.09. The van der Waals surface area contributed by atoms with Crippen LogP contribution in [0.3, 0.4) is 0 Å². The van der Waals surface area contributed by atoms with Crippen LogP contribution in [0.4, 0.5) is 61.5 Å². The Hall–Kier alpha value is -2.87.